The molecule has 1 aliphatic heterocycles. The van der Waals surface area contributed by atoms with Gasteiger partial charge in [0.2, 0.25) is 0 Å². The zero-order chi connectivity index (χ0) is 17.3. The molecular weight excluding hydrogens is 341 g/mol. The molecule has 1 unspecified atom stereocenters. The fourth-order valence-corrected chi connectivity index (χ4v) is 3.33. The lowest BCUT2D eigenvalue weighted by atomic mass is 9.90. The summed E-state index contributed by atoms with van der Waals surface area (Å²) in [5.74, 6) is 0.133. The molecule has 24 heavy (non-hydrogen) atoms. The molecule has 2 nitrogen and oxygen atoms in total. The summed E-state index contributed by atoms with van der Waals surface area (Å²) in [7, 11) is 0. The van der Waals surface area contributed by atoms with Crippen LogP contribution in [0.2, 0.25) is 10.0 Å². The number of carbonyl (C=O) groups excluding carboxylic acids is 1. The molecule has 0 N–H and O–H groups in total. The SMILES string of the molecule is CC1=C(C)CN(c2ccc(Cl)c(Cl)c2)C(C(=O)c2ccccc2)C1. The highest BCUT2D eigenvalue weighted by Gasteiger charge is 2.31. The van der Waals surface area contributed by atoms with Crippen LogP contribution >= 0.6 is 23.2 Å². The highest BCUT2D eigenvalue weighted by atomic mass is 35.5. The summed E-state index contributed by atoms with van der Waals surface area (Å²) in [4.78, 5) is 15.2. The lowest BCUT2D eigenvalue weighted by Gasteiger charge is -2.38. The molecule has 1 heterocycles. The normalized spacial score (nSPS) is 18.0. The summed E-state index contributed by atoms with van der Waals surface area (Å²) in [5.41, 5.74) is 4.23. The largest absolute Gasteiger partial charge is 0.357 e. The van der Waals surface area contributed by atoms with Crippen LogP contribution in [0.3, 0.4) is 0 Å². The zero-order valence-electron chi connectivity index (χ0n) is 13.7. The Morgan fingerprint density at radius 2 is 1.71 bits per heavy atom. The number of nitrogens with zero attached hydrogens (tertiary/aromatic N) is 1. The Morgan fingerprint density at radius 1 is 1.00 bits per heavy atom. The third-order valence-corrected chi connectivity index (χ3v) is 5.35. The third kappa shape index (κ3) is 3.35. The molecule has 0 radical (unpaired) electrons. The van der Waals surface area contributed by atoms with Crippen molar-refractivity contribution in [1.82, 2.24) is 0 Å². The molecule has 0 spiro atoms. The molecule has 0 amide bonds. The van der Waals surface area contributed by atoms with Crippen molar-refractivity contribution in [3.8, 4) is 0 Å². The van der Waals surface area contributed by atoms with Crippen LogP contribution in [-0.2, 0) is 0 Å². The second-order valence-corrected chi connectivity index (χ2v) is 7.05. The number of rotatable bonds is 3. The number of halogens is 2. The van der Waals surface area contributed by atoms with Gasteiger partial charge < -0.3 is 4.90 Å². The van der Waals surface area contributed by atoms with E-state index in [-0.39, 0.29) is 11.8 Å². The molecule has 2 aromatic carbocycles. The average Bonchev–Trinajstić information content (AvgIpc) is 2.59. The minimum absolute atomic E-state index is 0.133. The maximum Gasteiger partial charge on any atom is 0.185 e. The minimum Gasteiger partial charge on any atom is -0.357 e. The molecule has 1 atom stereocenters. The summed E-state index contributed by atoms with van der Waals surface area (Å²) >= 11 is 12.2. The zero-order valence-corrected chi connectivity index (χ0v) is 15.2. The molecule has 0 aliphatic carbocycles. The molecular formula is C20H19Cl2NO. The van der Waals surface area contributed by atoms with E-state index in [0.717, 1.165) is 17.7 Å². The molecule has 0 aromatic heterocycles. The van der Waals surface area contributed by atoms with E-state index in [9.17, 15) is 4.79 Å². The third-order valence-electron chi connectivity index (χ3n) is 4.61. The van der Waals surface area contributed by atoms with E-state index in [4.69, 9.17) is 23.2 Å². The van der Waals surface area contributed by atoms with Crippen LogP contribution in [0.25, 0.3) is 0 Å². The van der Waals surface area contributed by atoms with Crippen LogP contribution in [0.15, 0.2) is 59.7 Å². The molecule has 0 fully saturated rings. The highest BCUT2D eigenvalue weighted by molar-refractivity contribution is 6.42. The predicted octanol–water partition coefficient (Wildman–Crippen LogP) is 5.79. The Bertz CT molecular complexity index is 799. The van der Waals surface area contributed by atoms with Crippen molar-refractivity contribution in [1.29, 1.82) is 0 Å². The van der Waals surface area contributed by atoms with Crippen LogP contribution in [-0.4, -0.2) is 18.4 Å². The van der Waals surface area contributed by atoms with Crippen molar-refractivity contribution in [3.63, 3.8) is 0 Å². The first-order valence-corrected chi connectivity index (χ1v) is 8.69. The Hall–Kier alpha value is -1.77. The van der Waals surface area contributed by atoms with Crippen molar-refractivity contribution in [2.24, 2.45) is 0 Å². The van der Waals surface area contributed by atoms with Crippen LogP contribution in [0.5, 0.6) is 0 Å². The maximum absolute atomic E-state index is 13.1. The Balaban J connectivity index is 2.00. The van der Waals surface area contributed by atoms with E-state index in [1.54, 1.807) is 6.07 Å². The van der Waals surface area contributed by atoms with Gasteiger partial charge in [-0.1, -0.05) is 64.7 Å². The number of ketones is 1. The summed E-state index contributed by atoms with van der Waals surface area (Å²) in [6, 6.07) is 14.8. The lowest BCUT2D eigenvalue weighted by molar-refractivity contribution is 0.0955. The number of carbonyl (C=O) groups is 1. The smallest absolute Gasteiger partial charge is 0.185 e. The molecule has 0 saturated heterocycles. The quantitative estimate of drug-likeness (QED) is 0.510. The number of anilines is 1. The molecule has 2 aromatic rings. The van der Waals surface area contributed by atoms with E-state index < -0.39 is 0 Å². The molecule has 1 aliphatic rings. The van der Waals surface area contributed by atoms with E-state index in [0.29, 0.717) is 16.6 Å². The predicted molar refractivity (Wildman–Crippen MR) is 101 cm³/mol. The van der Waals surface area contributed by atoms with E-state index >= 15 is 0 Å². The van der Waals surface area contributed by atoms with Crippen LogP contribution in [0.1, 0.15) is 30.6 Å². The van der Waals surface area contributed by atoms with E-state index in [1.165, 1.54) is 11.1 Å². The Labute approximate surface area is 152 Å². The Kier molecular flexibility index (Phi) is 4.98. The van der Waals surface area contributed by atoms with Gasteiger partial charge in [-0.15, -0.1) is 0 Å². The van der Waals surface area contributed by atoms with Gasteiger partial charge >= 0.3 is 0 Å². The number of hydrogen-bond donors (Lipinski definition) is 0. The Morgan fingerprint density at radius 3 is 2.38 bits per heavy atom. The monoisotopic (exact) mass is 359 g/mol. The van der Waals surface area contributed by atoms with Gasteiger partial charge in [0.1, 0.15) is 0 Å². The summed E-state index contributed by atoms with van der Waals surface area (Å²) in [5, 5.41) is 1.02. The first-order chi connectivity index (χ1) is 11.5. The van der Waals surface area contributed by atoms with E-state index in [1.807, 2.05) is 42.5 Å². The van der Waals surface area contributed by atoms with Crippen LogP contribution < -0.4 is 4.90 Å². The summed E-state index contributed by atoms with van der Waals surface area (Å²) < 4.78 is 0. The van der Waals surface area contributed by atoms with E-state index in [2.05, 4.69) is 18.7 Å². The second kappa shape index (κ2) is 7.00. The fraction of sp³-hybridized carbons (Fsp3) is 0.250. The fourth-order valence-electron chi connectivity index (χ4n) is 3.04. The minimum atomic E-state index is -0.228. The van der Waals surface area contributed by atoms with Crippen molar-refractivity contribution in [2.75, 3.05) is 11.4 Å². The second-order valence-electron chi connectivity index (χ2n) is 6.24. The molecule has 3 rings (SSSR count). The van der Waals surface area contributed by atoms with Crippen molar-refractivity contribution < 1.29 is 4.79 Å². The molecule has 4 heteroatoms. The summed E-state index contributed by atoms with van der Waals surface area (Å²) in [6.45, 7) is 4.93. The van der Waals surface area contributed by atoms with Gasteiger partial charge in [-0.2, -0.15) is 0 Å². The molecule has 124 valence electrons. The van der Waals surface area contributed by atoms with Gasteiger partial charge in [-0.3, -0.25) is 4.79 Å². The number of hydrogen-bond acceptors (Lipinski definition) is 2. The topological polar surface area (TPSA) is 20.3 Å². The van der Waals surface area contributed by atoms with Crippen LogP contribution in [0.4, 0.5) is 5.69 Å². The van der Waals surface area contributed by atoms with Gasteiger partial charge in [-0.25, -0.2) is 0 Å². The summed E-state index contributed by atoms with van der Waals surface area (Å²) in [6.07, 6.45) is 0.722. The van der Waals surface area contributed by atoms with Crippen molar-refractivity contribution in [3.05, 3.63) is 75.3 Å². The standard InChI is InChI=1S/C20H19Cl2NO/c1-13-10-19(20(24)15-6-4-3-5-7-15)23(12-14(13)2)16-8-9-17(21)18(22)11-16/h3-9,11,19H,10,12H2,1-2H3. The van der Waals surface area contributed by atoms with Crippen molar-refractivity contribution in [2.45, 2.75) is 26.3 Å². The average molecular weight is 360 g/mol. The molecule has 0 saturated carbocycles. The van der Waals surface area contributed by atoms with Gasteiger partial charge in [0.25, 0.3) is 0 Å². The highest BCUT2D eigenvalue weighted by Crippen LogP contribution is 2.33. The van der Waals surface area contributed by atoms with Gasteiger partial charge in [0.05, 0.1) is 16.1 Å². The number of benzene rings is 2. The van der Waals surface area contributed by atoms with Gasteiger partial charge in [0.15, 0.2) is 5.78 Å². The van der Waals surface area contributed by atoms with Crippen LogP contribution in [0, 0.1) is 0 Å². The first kappa shape index (κ1) is 17.1. The lowest BCUT2D eigenvalue weighted by Crippen LogP contribution is -2.45. The first-order valence-electron chi connectivity index (χ1n) is 7.93. The van der Waals surface area contributed by atoms with Crippen molar-refractivity contribution >= 4 is 34.7 Å². The molecule has 0 bridgehead atoms. The van der Waals surface area contributed by atoms with Gasteiger partial charge in [-0.05, 0) is 38.5 Å². The maximum atomic E-state index is 13.1. The van der Waals surface area contributed by atoms with Gasteiger partial charge in [0, 0.05) is 17.8 Å². The number of Topliss-reactive ketones (excluding diaryl/α,β-unsaturated/α-hetero) is 1.